The number of aromatic nitrogens is 3. The Morgan fingerprint density at radius 1 is 1.29 bits per heavy atom. The van der Waals surface area contributed by atoms with Gasteiger partial charge in [0.15, 0.2) is 0 Å². The van der Waals surface area contributed by atoms with Gasteiger partial charge in [-0.15, -0.1) is 0 Å². The van der Waals surface area contributed by atoms with Crippen molar-refractivity contribution < 1.29 is 0 Å². The molecule has 2 rings (SSSR count). The smallest absolute Gasteiger partial charge is 0.267 e. The zero-order chi connectivity index (χ0) is 12.4. The second-order valence-electron chi connectivity index (χ2n) is 3.92. The molecule has 0 bridgehead atoms. The third kappa shape index (κ3) is 2.79. The lowest BCUT2D eigenvalue weighted by Crippen LogP contribution is -2.15. The third-order valence-electron chi connectivity index (χ3n) is 2.55. The highest BCUT2D eigenvalue weighted by Gasteiger charge is 2.06. The quantitative estimate of drug-likeness (QED) is 0.863. The highest BCUT2D eigenvalue weighted by atomic mass is 79.9. The van der Waals surface area contributed by atoms with Crippen LogP contribution in [0.25, 0.3) is 0 Å². The number of aryl methyl sites for hydroxylation is 2. The van der Waals surface area contributed by atoms with E-state index in [1.54, 1.807) is 6.07 Å². The summed E-state index contributed by atoms with van der Waals surface area (Å²) in [5, 5.41) is 6.34. The molecule has 0 unspecified atom stereocenters. The summed E-state index contributed by atoms with van der Waals surface area (Å²) < 4.78 is 0.804. The Hall–Kier alpha value is -1.49. The average Bonchev–Trinajstić information content (AvgIpc) is 2.27. The molecular weight excluding hydrogens is 282 g/mol. The number of nitrogens with zero attached hydrogens (tertiary/aromatic N) is 2. The van der Waals surface area contributed by atoms with Gasteiger partial charge in [0.05, 0.1) is 5.69 Å². The van der Waals surface area contributed by atoms with Crippen molar-refractivity contribution in [2.45, 2.75) is 20.3 Å². The van der Waals surface area contributed by atoms with E-state index >= 15 is 0 Å². The minimum atomic E-state index is -0.141. The number of hydrogen-bond donors (Lipinski definition) is 1. The number of hydrogen-bond acceptors (Lipinski definition) is 3. The molecule has 0 spiro atoms. The molecule has 0 aliphatic heterocycles. The summed E-state index contributed by atoms with van der Waals surface area (Å²) in [4.78, 5) is 15.9. The molecule has 2 heterocycles. The molecule has 2 aromatic heterocycles. The van der Waals surface area contributed by atoms with Crippen LogP contribution in [-0.2, 0) is 6.42 Å². The van der Waals surface area contributed by atoms with Crippen LogP contribution in [0.4, 0.5) is 0 Å². The van der Waals surface area contributed by atoms with E-state index in [1.807, 2.05) is 26.0 Å². The van der Waals surface area contributed by atoms with Crippen LogP contribution in [0.3, 0.4) is 0 Å². The van der Waals surface area contributed by atoms with Crippen LogP contribution in [0.1, 0.15) is 22.5 Å². The molecule has 1 N–H and O–H groups in total. The third-order valence-corrected chi connectivity index (χ3v) is 2.99. The standard InChI is InChI=1S/C12H12BrN3O/c1-7-5-10(12(17)16-15-7)6-9-3-4-11(13)14-8(9)2/h3-5H,6H2,1-2H3,(H,16,17). The van der Waals surface area contributed by atoms with Crippen LogP contribution >= 0.6 is 15.9 Å². The molecule has 2 aromatic rings. The maximum absolute atomic E-state index is 11.6. The SMILES string of the molecule is Cc1cc(Cc2ccc(Br)nc2C)c(=O)[nH]n1. The normalized spacial score (nSPS) is 10.5. The number of H-pyrrole nitrogens is 1. The Kier molecular flexibility index (Phi) is 3.38. The molecule has 17 heavy (non-hydrogen) atoms. The van der Waals surface area contributed by atoms with Crippen LogP contribution in [0.15, 0.2) is 27.6 Å². The number of rotatable bonds is 2. The van der Waals surface area contributed by atoms with E-state index in [0.717, 1.165) is 21.6 Å². The van der Waals surface area contributed by atoms with E-state index < -0.39 is 0 Å². The Morgan fingerprint density at radius 3 is 2.76 bits per heavy atom. The lowest BCUT2D eigenvalue weighted by atomic mass is 10.1. The molecule has 0 amide bonds. The molecular formula is C12H12BrN3O. The van der Waals surface area contributed by atoms with E-state index in [2.05, 4.69) is 31.1 Å². The van der Waals surface area contributed by atoms with Crippen LogP contribution in [0.5, 0.6) is 0 Å². The molecule has 0 fully saturated rings. The predicted octanol–water partition coefficient (Wildman–Crippen LogP) is 2.14. The van der Waals surface area contributed by atoms with Gasteiger partial charge in [0.1, 0.15) is 4.60 Å². The number of nitrogens with one attached hydrogen (secondary N) is 1. The van der Waals surface area contributed by atoms with E-state index in [4.69, 9.17) is 0 Å². The van der Waals surface area contributed by atoms with Crippen molar-refractivity contribution in [2.75, 3.05) is 0 Å². The average molecular weight is 294 g/mol. The van der Waals surface area contributed by atoms with Gasteiger partial charge in [0, 0.05) is 17.7 Å². The Bertz CT molecular complexity index is 607. The first-order chi connectivity index (χ1) is 8.06. The van der Waals surface area contributed by atoms with E-state index in [0.29, 0.717) is 12.0 Å². The zero-order valence-corrected chi connectivity index (χ0v) is 11.2. The molecule has 0 aliphatic carbocycles. The summed E-state index contributed by atoms with van der Waals surface area (Å²) in [5.74, 6) is 0. The van der Waals surface area contributed by atoms with Crippen LogP contribution in [0.2, 0.25) is 0 Å². The largest absolute Gasteiger partial charge is 0.268 e. The maximum atomic E-state index is 11.6. The summed E-state index contributed by atoms with van der Waals surface area (Å²) in [6.07, 6.45) is 0.574. The predicted molar refractivity (Wildman–Crippen MR) is 69.1 cm³/mol. The molecule has 5 heteroatoms. The maximum Gasteiger partial charge on any atom is 0.267 e. The first-order valence-electron chi connectivity index (χ1n) is 5.23. The molecule has 0 aromatic carbocycles. The van der Waals surface area contributed by atoms with Crippen molar-refractivity contribution >= 4 is 15.9 Å². The summed E-state index contributed by atoms with van der Waals surface area (Å²) in [7, 11) is 0. The molecule has 0 radical (unpaired) electrons. The van der Waals surface area contributed by atoms with Crippen molar-refractivity contribution in [3.8, 4) is 0 Å². The second-order valence-corrected chi connectivity index (χ2v) is 4.73. The van der Waals surface area contributed by atoms with Gasteiger partial charge >= 0.3 is 0 Å². The van der Waals surface area contributed by atoms with Gasteiger partial charge in [-0.05, 0) is 47.5 Å². The minimum Gasteiger partial charge on any atom is -0.268 e. The van der Waals surface area contributed by atoms with Crippen molar-refractivity contribution in [3.63, 3.8) is 0 Å². The zero-order valence-electron chi connectivity index (χ0n) is 9.62. The fourth-order valence-electron chi connectivity index (χ4n) is 1.64. The van der Waals surface area contributed by atoms with E-state index in [1.165, 1.54) is 0 Å². The van der Waals surface area contributed by atoms with Gasteiger partial charge in [-0.1, -0.05) is 6.07 Å². The van der Waals surface area contributed by atoms with Gasteiger partial charge in [-0.2, -0.15) is 5.10 Å². The second kappa shape index (κ2) is 4.79. The van der Waals surface area contributed by atoms with Gasteiger partial charge in [-0.25, -0.2) is 10.1 Å². The van der Waals surface area contributed by atoms with Crippen molar-refractivity contribution in [1.82, 2.24) is 15.2 Å². The summed E-state index contributed by atoms with van der Waals surface area (Å²) >= 11 is 3.32. The highest BCUT2D eigenvalue weighted by molar-refractivity contribution is 9.10. The van der Waals surface area contributed by atoms with Gasteiger partial charge < -0.3 is 0 Å². The van der Waals surface area contributed by atoms with Gasteiger partial charge in [-0.3, -0.25) is 4.79 Å². The summed E-state index contributed by atoms with van der Waals surface area (Å²) in [6.45, 7) is 3.79. The number of halogens is 1. The highest BCUT2D eigenvalue weighted by Crippen LogP contribution is 2.14. The monoisotopic (exact) mass is 293 g/mol. The number of aromatic amines is 1. The molecule has 0 saturated carbocycles. The van der Waals surface area contributed by atoms with Crippen molar-refractivity contribution in [1.29, 1.82) is 0 Å². The first kappa shape index (κ1) is 12.0. The topological polar surface area (TPSA) is 58.6 Å². The summed E-state index contributed by atoms with van der Waals surface area (Å²) in [5.41, 5.74) is 3.35. The van der Waals surface area contributed by atoms with E-state index in [9.17, 15) is 4.79 Å². The lowest BCUT2D eigenvalue weighted by Gasteiger charge is -2.05. The minimum absolute atomic E-state index is 0.141. The van der Waals surface area contributed by atoms with Crippen molar-refractivity contribution in [2.24, 2.45) is 0 Å². The Morgan fingerprint density at radius 2 is 2.06 bits per heavy atom. The van der Waals surface area contributed by atoms with Crippen molar-refractivity contribution in [3.05, 3.63) is 55.7 Å². The number of pyridine rings is 1. The van der Waals surface area contributed by atoms with Crippen LogP contribution < -0.4 is 5.56 Å². The van der Waals surface area contributed by atoms with Gasteiger partial charge in [0.2, 0.25) is 0 Å². The molecule has 0 saturated heterocycles. The Balaban J connectivity index is 2.38. The Labute approximate surface area is 107 Å². The molecule has 0 atom stereocenters. The van der Waals surface area contributed by atoms with E-state index in [-0.39, 0.29) is 5.56 Å². The summed E-state index contributed by atoms with van der Waals surface area (Å²) in [6, 6.07) is 5.66. The fourth-order valence-corrected chi connectivity index (χ4v) is 2.04. The van der Waals surface area contributed by atoms with Crippen LogP contribution in [-0.4, -0.2) is 15.2 Å². The van der Waals surface area contributed by atoms with Gasteiger partial charge in [0.25, 0.3) is 5.56 Å². The fraction of sp³-hybridized carbons (Fsp3) is 0.250. The molecule has 88 valence electrons. The first-order valence-corrected chi connectivity index (χ1v) is 6.03. The molecule has 0 aliphatic rings. The lowest BCUT2D eigenvalue weighted by molar-refractivity contribution is 0.908. The molecule has 4 nitrogen and oxygen atoms in total. The van der Waals surface area contributed by atoms with Crippen LogP contribution in [0, 0.1) is 13.8 Å².